The van der Waals surface area contributed by atoms with Crippen molar-refractivity contribution in [2.45, 2.75) is 19.8 Å². The molecular weight excluding hydrogens is 635 g/mol. The average molecular weight is 672 g/mol. The van der Waals surface area contributed by atoms with Crippen LogP contribution in [0.4, 0.5) is 17.1 Å². The Kier molecular flexibility index (Phi) is 8.16. The third kappa shape index (κ3) is 5.98. The number of benzene rings is 7. The van der Waals surface area contributed by atoms with Crippen molar-refractivity contribution in [2.75, 3.05) is 4.90 Å². The van der Waals surface area contributed by atoms with Crippen molar-refractivity contribution < 1.29 is 0 Å². The molecule has 1 aromatic heterocycles. The van der Waals surface area contributed by atoms with Gasteiger partial charge in [-0.25, -0.2) is 0 Å². The molecule has 1 aliphatic rings. The van der Waals surface area contributed by atoms with E-state index < -0.39 is 0 Å². The number of allylic oxidation sites excluding steroid dienone is 3. The van der Waals surface area contributed by atoms with Crippen molar-refractivity contribution in [1.82, 2.24) is 0 Å². The summed E-state index contributed by atoms with van der Waals surface area (Å²) in [5.74, 6) is 0. The van der Waals surface area contributed by atoms with E-state index in [0.717, 1.165) is 29.9 Å². The van der Waals surface area contributed by atoms with Crippen LogP contribution in [0.3, 0.4) is 0 Å². The van der Waals surface area contributed by atoms with Crippen molar-refractivity contribution in [3.63, 3.8) is 0 Å². The predicted molar refractivity (Wildman–Crippen MR) is 224 cm³/mol. The Morgan fingerprint density at radius 1 is 0.510 bits per heavy atom. The zero-order chi connectivity index (χ0) is 34.1. The molecule has 9 rings (SSSR count). The summed E-state index contributed by atoms with van der Waals surface area (Å²) in [5, 5.41) is 7.79. The first kappa shape index (κ1) is 31.1. The monoisotopic (exact) mass is 671 g/mol. The SMILES string of the molecule is C/C=C\C=C/c1cc(-c2ccc(N(c3ccc(-c4ccc5c(c4)=CCCC=5)cc3)c3ccc4sc5ccccc5c4c3)cc2)c2ccccc2c1. The molecule has 0 saturated heterocycles. The maximum absolute atomic E-state index is 2.39. The summed E-state index contributed by atoms with van der Waals surface area (Å²) in [5.41, 5.74) is 9.51. The molecule has 1 aliphatic carbocycles. The Labute approximate surface area is 303 Å². The zero-order valence-corrected chi connectivity index (χ0v) is 29.4. The van der Waals surface area contributed by atoms with Crippen LogP contribution in [-0.4, -0.2) is 0 Å². The fraction of sp³-hybridized carbons (Fsp3) is 0.0612. The van der Waals surface area contributed by atoms with Crippen LogP contribution in [0.25, 0.3) is 71.4 Å². The van der Waals surface area contributed by atoms with Gasteiger partial charge < -0.3 is 4.90 Å². The maximum atomic E-state index is 2.39. The molecule has 0 fully saturated rings. The smallest absolute Gasteiger partial charge is 0.0468 e. The molecule has 244 valence electrons. The van der Waals surface area contributed by atoms with Gasteiger partial charge in [-0.2, -0.15) is 0 Å². The summed E-state index contributed by atoms with van der Waals surface area (Å²) in [7, 11) is 0. The molecule has 1 heterocycles. The van der Waals surface area contributed by atoms with Gasteiger partial charge in [-0.3, -0.25) is 0 Å². The highest BCUT2D eigenvalue weighted by Gasteiger charge is 2.16. The molecule has 2 heteroatoms. The van der Waals surface area contributed by atoms with E-state index in [0.29, 0.717) is 0 Å². The molecule has 0 radical (unpaired) electrons. The van der Waals surface area contributed by atoms with Gasteiger partial charge in [0.1, 0.15) is 0 Å². The van der Waals surface area contributed by atoms with Crippen LogP contribution in [-0.2, 0) is 0 Å². The number of thiophene rings is 1. The van der Waals surface area contributed by atoms with Crippen LogP contribution in [0.5, 0.6) is 0 Å². The number of anilines is 3. The van der Waals surface area contributed by atoms with E-state index in [1.54, 1.807) is 0 Å². The number of hydrogen-bond acceptors (Lipinski definition) is 2. The van der Waals surface area contributed by atoms with E-state index in [-0.39, 0.29) is 0 Å². The van der Waals surface area contributed by atoms with Crippen LogP contribution in [0.15, 0.2) is 164 Å². The van der Waals surface area contributed by atoms with E-state index in [1.807, 2.05) is 18.3 Å². The van der Waals surface area contributed by atoms with E-state index in [9.17, 15) is 0 Å². The highest BCUT2D eigenvalue weighted by Crippen LogP contribution is 2.42. The Balaban J connectivity index is 1.15. The van der Waals surface area contributed by atoms with E-state index in [1.165, 1.54) is 69.2 Å². The molecule has 8 aromatic rings. The van der Waals surface area contributed by atoms with Crippen LogP contribution in [0, 0.1) is 0 Å². The lowest BCUT2D eigenvalue weighted by atomic mass is 9.95. The zero-order valence-electron chi connectivity index (χ0n) is 28.6. The number of rotatable bonds is 7. The van der Waals surface area contributed by atoms with E-state index >= 15 is 0 Å². The maximum Gasteiger partial charge on any atom is 0.0468 e. The lowest BCUT2D eigenvalue weighted by Crippen LogP contribution is -2.26. The van der Waals surface area contributed by atoms with Crippen molar-refractivity contribution >= 4 is 77.6 Å². The lowest BCUT2D eigenvalue weighted by Gasteiger charge is -2.26. The summed E-state index contributed by atoms with van der Waals surface area (Å²) < 4.78 is 2.63. The van der Waals surface area contributed by atoms with Crippen LogP contribution >= 0.6 is 11.3 Å². The molecule has 0 bridgehead atoms. The molecule has 0 N–H and O–H groups in total. The molecule has 1 nitrogen and oxygen atoms in total. The third-order valence-corrected chi connectivity index (χ3v) is 11.1. The van der Waals surface area contributed by atoms with Gasteiger partial charge in [-0.1, -0.05) is 115 Å². The molecule has 0 aliphatic heterocycles. The molecule has 0 atom stereocenters. The van der Waals surface area contributed by atoms with Crippen LogP contribution < -0.4 is 15.3 Å². The van der Waals surface area contributed by atoms with Gasteiger partial charge in [0.15, 0.2) is 0 Å². The summed E-state index contributed by atoms with van der Waals surface area (Å²) in [6.45, 7) is 2.04. The molecule has 0 amide bonds. The summed E-state index contributed by atoms with van der Waals surface area (Å²) in [6, 6.07) is 53.9. The quantitative estimate of drug-likeness (QED) is 0.152. The Hall–Kier alpha value is -5.96. The molecule has 0 unspecified atom stereocenters. The predicted octanol–water partition coefficient (Wildman–Crippen LogP) is 13.0. The van der Waals surface area contributed by atoms with Gasteiger partial charge in [0.2, 0.25) is 0 Å². The van der Waals surface area contributed by atoms with Crippen LogP contribution in [0.2, 0.25) is 0 Å². The minimum absolute atomic E-state index is 1.11. The topological polar surface area (TPSA) is 3.24 Å². The summed E-state index contributed by atoms with van der Waals surface area (Å²) in [4.78, 5) is 2.39. The Morgan fingerprint density at radius 2 is 1.18 bits per heavy atom. The second-order valence-electron chi connectivity index (χ2n) is 13.2. The summed E-state index contributed by atoms with van der Waals surface area (Å²) in [6.07, 6.45) is 15.4. The largest absolute Gasteiger partial charge is 0.310 e. The van der Waals surface area contributed by atoms with Crippen molar-refractivity contribution in [1.29, 1.82) is 0 Å². The molecular formula is C49H37NS. The highest BCUT2D eigenvalue weighted by molar-refractivity contribution is 7.25. The van der Waals surface area contributed by atoms with E-state index in [2.05, 4.69) is 187 Å². The fourth-order valence-corrected chi connectivity index (χ4v) is 8.52. The molecule has 0 saturated carbocycles. The minimum atomic E-state index is 1.11. The number of hydrogen-bond donors (Lipinski definition) is 0. The highest BCUT2D eigenvalue weighted by atomic mass is 32.1. The Bertz CT molecular complexity index is 2740. The van der Waals surface area contributed by atoms with Crippen molar-refractivity contribution in [3.8, 4) is 22.3 Å². The second kappa shape index (κ2) is 13.4. The van der Waals surface area contributed by atoms with Gasteiger partial charge in [-0.05, 0) is 136 Å². The normalized spacial score (nSPS) is 12.8. The summed E-state index contributed by atoms with van der Waals surface area (Å²) >= 11 is 1.86. The van der Waals surface area contributed by atoms with Gasteiger partial charge in [-0.15, -0.1) is 11.3 Å². The van der Waals surface area contributed by atoms with Gasteiger partial charge >= 0.3 is 0 Å². The number of fused-ring (bicyclic) bond motifs is 5. The van der Waals surface area contributed by atoms with Gasteiger partial charge in [0, 0.05) is 37.2 Å². The first-order chi connectivity index (χ1) is 25.2. The Morgan fingerprint density at radius 3 is 1.98 bits per heavy atom. The van der Waals surface area contributed by atoms with Crippen molar-refractivity contribution in [2.24, 2.45) is 0 Å². The molecule has 7 aromatic carbocycles. The third-order valence-electron chi connectivity index (χ3n) is 9.97. The van der Waals surface area contributed by atoms with Crippen molar-refractivity contribution in [3.05, 3.63) is 180 Å². The second-order valence-corrected chi connectivity index (χ2v) is 14.3. The fourth-order valence-electron chi connectivity index (χ4n) is 7.43. The number of nitrogens with zero attached hydrogens (tertiary/aromatic N) is 1. The standard InChI is InChI=1S/C49H37NS/c1-2-3-4-11-34-30-40-14-7-8-15-44(40)46(31-34)37-22-26-42(27-23-37)50(43-28-29-49-47(33-43)45-16-9-10-17-48(45)51-49)41-24-20-36(21-25-41)39-19-18-35-12-5-6-13-38(35)32-39/h2-4,7-33H,5-6H2,1H3/b3-2-,11-4-. The van der Waals surface area contributed by atoms with Crippen LogP contribution in [0.1, 0.15) is 25.3 Å². The first-order valence-corrected chi connectivity index (χ1v) is 18.6. The molecule has 51 heavy (non-hydrogen) atoms. The molecule has 0 spiro atoms. The first-order valence-electron chi connectivity index (χ1n) is 17.8. The van der Waals surface area contributed by atoms with E-state index in [4.69, 9.17) is 0 Å². The lowest BCUT2D eigenvalue weighted by molar-refractivity contribution is 1.12. The van der Waals surface area contributed by atoms with Gasteiger partial charge in [0.05, 0.1) is 0 Å². The minimum Gasteiger partial charge on any atom is -0.310 e. The van der Waals surface area contributed by atoms with Gasteiger partial charge in [0.25, 0.3) is 0 Å². The average Bonchev–Trinajstić information content (AvgIpc) is 3.56.